The van der Waals surface area contributed by atoms with Crippen molar-refractivity contribution < 1.29 is 27.9 Å². The number of carboxylic acids is 1. The van der Waals surface area contributed by atoms with Gasteiger partial charge in [-0.25, -0.2) is 4.79 Å². The number of nitrogens with one attached hydrogen (secondary N) is 1. The normalized spacial score (nSPS) is 20.3. The van der Waals surface area contributed by atoms with E-state index in [-0.39, 0.29) is 6.54 Å². The molecule has 2 N–H and O–H groups in total. The molecule has 1 aliphatic heterocycles. The third-order valence-electron chi connectivity index (χ3n) is 4.65. The molecular formula is C18H17F3N2O3. The highest BCUT2D eigenvalue weighted by Crippen LogP contribution is 2.37. The Labute approximate surface area is 147 Å². The Balaban J connectivity index is 1.69. The van der Waals surface area contributed by atoms with Gasteiger partial charge in [0.2, 0.25) is 0 Å². The van der Waals surface area contributed by atoms with Crippen molar-refractivity contribution in [3.8, 4) is 0 Å². The van der Waals surface area contributed by atoms with Crippen LogP contribution in [0.4, 0.5) is 18.0 Å². The molecule has 138 valence electrons. The fourth-order valence-corrected chi connectivity index (χ4v) is 3.28. The summed E-state index contributed by atoms with van der Waals surface area (Å²) in [7, 11) is 0. The number of likely N-dealkylation sites (tertiary alicyclic amines) is 1. The molecule has 5 nitrogen and oxygen atoms in total. The number of nitrogens with zero attached hydrogens (tertiary/aromatic N) is 1. The Morgan fingerprint density at radius 3 is 2.46 bits per heavy atom. The van der Waals surface area contributed by atoms with E-state index in [9.17, 15) is 22.8 Å². The molecule has 2 aromatic carbocycles. The maximum absolute atomic E-state index is 13.0. The van der Waals surface area contributed by atoms with Crippen LogP contribution >= 0.6 is 0 Å². The Morgan fingerprint density at radius 2 is 1.81 bits per heavy atom. The number of carbonyl (C=O) groups excluding carboxylic acids is 1. The molecular weight excluding hydrogens is 349 g/mol. The number of amides is 2. The summed E-state index contributed by atoms with van der Waals surface area (Å²) < 4.78 is 39.0. The number of hydrogen-bond acceptors (Lipinski definition) is 2. The Kier molecular flexibility index (Phi) is 4.76. The Hall–Kier alpha value is -2.77. The van der Waals surface area contributed by atoms with E-state index in [1.807, 2.05) is 42.5 Å². The third kappa shape index (κ3) is 3.58. The predicted molar refractivity (Wildman–Crippen MR) is 88.4 cm³/mol. The molecule has 1 fully saturated rings. The van der Waals surface area contributed by atoms with Crippen molar-refractivity contribution in [1.82, 2.24) is 10.2 Å². The van der Waals surface area contributed by atoms with Gasteiger partial charge in [0.1, 0.15) is 0 Å². The summed E-state index contributed by atoms with van der Waals surface area (Å²) in [4.78, 5) is 24.3. The van der Waals surface area contributed by atoms with E-state index in [4.69, 9.17) is 5.11 Å². The van der Waals surface area contributed by atoms with Crippen molar-refractivity contribution in [1.29, 1.82) is 0 Å². The van der Waals surface area contributed by atoms with Gasteiger partial charge < -0.3 is 15.3 Å². The topological polar surface area (TPSA) is 69.6 Å². The van der Waals surface area contributed by atoms with Crippen molar-refractivity contribution in [3.63, 3.8) is 0 Å². The molecule has 1 aliphatic rings. The third-order valence-corrected chi connectivity index (χ3v) is 4.65. The van der Waals surface area contributed by atoms with Crippen molar-refractivity contribution >= 4 is 22.8 Å². The quantitative estimate of drug-likeness (QED) is 0.876. The van der Waals surface area contributed by atoms with Gasteiger partial charge in [0.05, 0.1) is 11.8 Å². The summed E-state index contributed by atoms with van der Waals surface area (Å²) in [5.74, 6) is -5.24. The first-order valence-corrected chi connectivity index (χ1v) is 8.06. The highest BCUT2D eigenvalue weighted by molar-refractivity contribution is 5.86. The second-order valence-corrected chi connectivity index (χ2v) is 6.29. The van der Waals surface area contributed by atoms with Crippen LogP contribution in [0, 0.1) is 11.8 Å². The molecule has 1 heterocycles. The van der Waals surface area contributed by atoms with Gasteiger partial charge in [-0.15, -0.1) is 0 Å². The van der Waals surface area contributed by atoms with Crippen LogP contribution in [0.3, 0.4) is 0 Å². The highest BCUT2D eigenvalue weighted by atomic mass is 19.4. The van der Waals surface area contributed by atoms with E-state index >= 15 is 0 Å². The van der Waals surface area contributed by atoms with E-state index in [1.165, 1.54) is 0 Å². The van der Waals surface area contributed by atoms with Crippen LogP contribution in [0.2, 0.25) is 0 Å². The molecule has 0 radical (unpaired) electrons. The van der Waals surface area contributed by atoms with Crippen molar-refractivity contribution in [2.75, 3.05) is 13.1 Å². The monoisotopic (exact) mass is 366 g/mol. The predicted octanol–water partition coefficient (Wildman–Crippen LogP) is 3.24. The zero-order valence-electron chi connectivity index (χ0n) is 13.7. The summed E-state index contributed by atoms with van der Waals surface area (Å²) in [5, 5.41) is 13.5. The number of fused-ring (bicyclic) bond motifs is 1. The molecule has 2 aromatic rings. The molecule has 0 bridgehead atoms. The molecule has 26 heavy (non-hydrogen) atoms. The number of urea groups is 1. The molecule has 2 amide bonds. The highest BCUT2D eigenvalue weighted by Gasteiger charge is 2.53. The molecule has 1 saturated heterocycles. The molecule has 3 rings (SSSR count). The molecule has 0 spiro atoms. The van der Waals surface area contributed by atoms with Gasteiger partial charge in [0.15, 0.2) is 0 Å². The van der Waals surface area contributed by atoms with Crippen molar-refractivity contribution in [2.45, 2.75) is 12.7 Å². The fraction of sp³-hybridized carbons (Fsp3) is 0.333. The first-order chi connectivity index (χ1) is 12.3. The lowest BCUT2D eigenvalue weighted by Gasteiger charge is -2.19. The average Bonchev–Trinajstić information content (AvgIpc) is 3.06. The van der Waals surface area contributed by atoms with Crippen LogP contribution in [0.5, 0.6) is 0 Å². The van der Waals surface area contributed by atoms with Crippen LogP contribution in [0.1, 0.15) is 5.56 Å². The minimum absolute atomic E-state index is 0.144. The molecule has 0 aliphatic carbocycles. The second-order valence-electron chi connectivity index (χ2n) is 6.29. The molecule has 0 saturated carbocycles. The standard InChI is InChI=1S/C18H17F3N2O3/c19-18(20,21)15-10-23(9-14(15)16(24)25)17(26)22-8-12-6-3-5-11-4-1-2-7-13(11)12/h1-7,14-15H,8-10H2,(H,22,26)(H,24,25)/t14-,15-/m1/s1. The van der Waals surface area contributed by atoms with Gasteiger partial charge in [0.25, 0.3) is 0 Å². The lowest BCUT2D eigenvalue weighted by molar-refractivity contribution is -0.187. The number of carboxylic acid groups (broad SMARTS) is 1. The fourth-order valence-electron chi connectivity index (χ4n) is 3.28. The zero-order chi connectivity index (χ0) is 18.9. The van der Waals surface area contributed by atoms with Gasteiger partial charge in [-0.1, -0.05) is 42.5 Å². The smallest absolute Gasteiger partial charge is 0.394 e. The van der Waals surface area contributed by atoms with E-state index in [0.717, 1.165) is 21.2 Å². The second kappa shape index (κ2) is 6.86. The van der Waals surface area contributed by atoms with E-state index in [0.29, 0.717) is 0 Å². The minimum Gasteiger partial charge on any atom is -0.481 e. The summed E-state index contributed by atoms with van der Waals surface area (Å²) in [5.41, 5.74) is 0.831. The minimum atomic E-state index is -4.66. The maximum atomic E-state index is 13.0. The first kappa shape index (κ1) is 18.0. The summed E-state index contributed by atoms with van der Waals surface area (Å²) >= 11 is 0. The van der Waals surface area contributed by atoms with Gasteiger partial charge in [0, 0.05) is 19.6 Å². The number of hydrogen-bond donors (Lipinski definition) is 2. The lowest BCUT2D eigenvalue weighted by atomic mass is 9.96. The van der Waals surface area contributed by atoms with E-state index < -0.39 is 43.1 Å². The van der Waals surface area contributed by atoms with Crippen LogP contribution in [-0.4, -0.2) is 41.3 Å². The van der Waals surface area contributed by atoms with Crippen LogP contribution in [-0.2, 0) is 11.3 Å². The zero-order valence-corrected chi connectivity index (χ0v) is 13.7. The molecule has 2 atom stereocenters. The van der Waals surface area contributed by atoms with Crippen LogP contribution in [0.15, 0.2) is 42.5 Å². The van der Waals surface area contributed by atoms with Gasteiger partial charge in [-0.2, -0.15) is 13.2 Å². The van der Waals surface area contributed by atoms with Crippen LogP contribution in [0.25, 0.3) is 10.8 Å². The number of benzene rings is 2. The van der Waals surface area contributed by atoms with Crippen molar-refractivity contribution in [2.24, 2.45) is 11.8 Å². The van der Waals surface area contributed by atoms with Gasteiger partial charge in [-0.3, -0.25) is 4.79 Å². The first-order valence-electron chi connectivity index (χ1n) is 8.06. The average molecular weight is 366 g/mol. The largest absolute Gasteiger partial charge is 0.481 e. The van der Waals surface area contributed by atoms with E-state index in [2.05, 4.69) is 5.32 Å². The summed E-state index contributed by atoms with van der Waals surface area (Å²) in [6, 6.07) is 12.4. The lowest BCUT2D eigenvalue weighted by Crippen LogP contribution is -2.39. The maximum Gasteiger partial charge on any atom is 0.394 e. The SMILES string of the molecule is O=C(O)[C@@H]1CN(C(=O)NCc2cccc3ccccc23)C[C@H]1C(F)(F)F. The number of halogens is 3. The van der Waals surface area contributed by atoms with Gasteiger partial charge in [-0.05, 0) is 16.3 Å². The summed E-state index contributed by atoms with van der Waals surface area (Å²) in [6.45, 7) is -0.964. The molecule has 8 heteroatoms. The summed E-state index contributed by atoms with van der Waals surface area (Å²) in [6.07, 6.45) is -4.66. The van der Waals surface area contributed by atoms with Gasteiger partial charge >= 0.3 is 18.2 Å². The molecule has 0 aromatic heterocycles. The molecule has 0 unspecified atom stereocenters. The number of alkyl halides is 3. The Bertz CT molecular complexity index is 833. The van der Waals surface area contributed by atoms with Crippen molar-refractivity contribution in [3.05, 3.63) is 48.0 Å². The Morgan fingerprint density at radius 1 is 1.12 bits per heavy atom. The number of carbonyl (C=O) groups is 2. The number of aliphatic carboxylic acids is 1. The number of rotatable bonds is 3. The van der Waals surface area contributed by atoms with Crippen LogP contribution < -0.4 is 5.32 Å². The van der Waals surface area contributed by atoms with E-state index in [1.54, 1.807) is 0 Å².